The molecule has 3 rings (SSSR count). The lowest BCUT2D eigenvalue weighted by Gasteiger charge is -2.34. The van der Waals surface area contributed by atoms with Gasteiger partial charge in [0.15, 0.2) is 6.61 Å². The van der Waals surface area contributed by atoms with Crippen LogP contribution < -0.4 is 10.1 Å². The van der Waals surface area contributed by atoms with Gasteiger partial charge in [-0.15, -0.1) is 0 Å². The molecular weight excluding hydrogens is 356 g/mol. The number of hydrogen-bond donors (Lipinski definition) is 2. The van der Waals surface area contributed by atoms with Gasteiger partial charge in [0.25, 0.3) is 5.91 Å². The Balaban J connectivity index is 1.37. The number of para-hydroxylation sites is 1. The molecule has 2 aromatic carbocycles. The summed E-state index contributed by atoms with van der Waals surface area (Å²) in [6.45, 7) is 1.01. The van der Waals surface area contributed by atoms with Crippen LogP contribution in [0.3, 0.4) is 0 Å². The highest BCUT2D eigenvalue weighted by Gasteiger charge is 2.28. The molecule has 148 valence electrons. The number of nitrogens with one attached hydrogen (secondary N) is 1. The maximum absolute atomic E-state index is 12.3. The predicted molar refractivity (Wildman–Crippen MR) is 106 cm³/mol. The number of aliphatic hydroxyl groups is 1. The molecule has 2 N–H and O–H groups in total. The van der Waals surface area contributed by atoms with Crippen LogP contribution in [0.4, 0.5) is 0 Å². The summed E-state index contributed by atoms with van der Waals surface area (Å²) in [4.78, 5) is 25.9. The monoisotopic (exact) mass is 382 g/mol. The fourth-order valence-electron chi connectivity index (χ4n) is 3.39. The van der Waals surface area contributed by atoms with Crippen LogP contribution in [0.25, 0.3) is 0 Å². The van der Waals surface area contributed by atoms with Crippen molar-refractivity contribution in [2.45, 2.75) is 18.9 Å². The number of carbonyl (C=O) groups is 2. The Labute approximate surface area is 165 Å². The van der Waals surface area contributed by atoms with E-state index in [1.54, 1.807) is 17.0 Å². The number of amides is 2. The Morgan fingerprint density at radius 3 is 2.29 bits per heavy atom. The van der Waals surface area contributed by atoms with E-state index >= 15 is 0 Å². The highest BCUT2D eigenvalue weighted by Crippen LogP contribution is 2.30. The molecule has 6 nitrogen and oxygen atoms in total. The smallest absolute Gasteiger partial charge is 0.258 e. The van der Waals surface area contributed by atoms with Gasteiger partial charge < -0.3 is 20.1 Å². The molecule has 1 aliphatic rings. The largest absolute Gasteiger partial charge is 0.484 e. The summed E-state index contributed by atoms with van der Waals surface area (Å²) in [7, 11) is 0. The molecular formula is C22H26N2O4. The van der Waals surface area contributed by atoms with Gasteiger partial charge in [0.1, 0.15) is 5.75 Å². The van der Waals surface area contributed by atoms with Crippen molar-refractivity contribution in [3.63, 3.8) is 0 Å². The van der Waals surface area contributed by atoms with E-state index in [-0.39, 0.29) is 30.9 Å². The Morgan fingerprint density at radius 2 is 1.64 bits per heavy atom. The van der Waals surface area contributed by atoms with E-state index in [1.807, 2.05) is 48.5 Å². The predicted octanol–water partition coefficient (Wildman–Crippen LogP) is 2.15. The van der Waals surface area contributed by atoms with E-state index in [1.165, 1.54) is 0 Å². The molecule has 1 heterocycles. The van der Waals surface area contributed by atoms with Gasteiger partial charge in [-0.2, -0.15) is 0 Å². The number of hydrogen-bond acceptors (Lipinski definition) is 4. The summed E-state index contributed by atoms with van der Waals surface area (Å²) >= 11 is 0. The van der Waals surface area contributed by atoms with Crippen LogP contribution in [-0.2, 0) is 9.59 Å². The normalized spacial score (nSPS) is 15.7. The summed E-state index contributed by atoms with van der Waals surface area (Å²) in [6.07, 6.45) is 0.980. The summed E-state index contributed by atoms with van der Waals surface area (Å²) < 4.78 is 5.36. The molecule has 1 saturated heterocycles. The van der Waals surface area contributed by atoms with E-state index in [0.29, 0.717) is 18.8 Å². The van der Waals surface area contributed by atoms with Gasteiger partial charge in [-0.25, -0.2) is 0 Å². The third kappa shape index (κ3) is 5.57. The van der Waals surface area contributed by atoms with Gasteiger partial charge in [0.2, 0.25) is 5.91 Å². The second-order valence-electron chi connectivity index (χ2n) is 6.95. The summed E-state index contributed by atoms with van der Waals surface area (Å²) in [6, 6.07) is 18.7. The molecule has 0 saturated carbocycles. The second kappa shape index (κ2) is 9.90. The molecule has 2 amide bonds. The van der Waals surface area contributed by atoms with Crippen molar-refractivity contribution >= 4 is 11.8 Å². The maximum Gasteiger partial charge on any atom is 0.258 e. The highest BCUT2D eigenvalue weighted by molar-refractivity contribution is 5.85. The lowest BCUT2D eigenvalue weighted by Crippen LogP contribution is -2.45. The van der Waals surface area contributed by atoms with E-state index in [2.05, 4.69) is 5.32 Å². The number of benzene rings is 2. The van der Waals surface area contributed by atoms with E-state index in [9.17, 15) is 14.7 Å². The number of rotatable bonds is 7. The molecule has 6 heteroatoms. The lowest BCUT2D eigenvalue weighted by molar-refractivity contribution is -0.134. The Hall–Kier alpha value is -2.86. The van der Waals surface area contributed by atoms with Crippen LogP contribution in [0, 0.1) is 5.92 Å². The van der Waals surface area contributed by atoms with Crippen molar-refractivity contribution in [3.8, 4) is 5.75 Å². The summed E-state index contributed by atoms with van der Waals surface area (Å²) in [5.74, 6) is 0.315. The van der Waals surface area contributed by atoms with Crippen molar-refractivity contribution in [3.05, 3.63) is 66.2 Å². The van der Waals surface area contributed by atoms with Crippen molar-refractivity contribution in [1.29, 1.82) is 0 Å². The summed E-state index contributed by atoms with van der Waals surface area (Å²) in [5.41, 5.74) is 0.915. The molecule has 1 atom stereocenters. The Bertz CT molecular complexity index is 759. The lowest BCUT2D eigenvalue weighted by atomic mass is 9.87. The molecule has 0 spiro atoms. The second-order valence-corrected chi connectivity index (χ2v) is 6.95. The SMILES string of the molecule is O=C(COc1ccccc1)NCC(=O)N1CCC(C(O)c2ccccc2)CC1. The first-order valence-corrected chi connectivity index (χ1v) is 9.59. The molecule has 1 unspecified atom stereocenters. The quantitative estimate of drug-likeness (QED) is 0.769. The van der Waals surface area contributed by atoms with Crippen molar-refractivity contribution in [2.75, 3.05) is 26.2 Å². The maximum atomic E-state index is 12.3. The zero-order valence-corrected chi connectivity index (χ0v) is 15.8. The van der Waals surface area contributed by atoms with Gasteiger partial charge in [0, 0.05) is 13.1 Å². The Morgan fingerprint density at radius 1 is 1.04 bits per heavy atom. The number of likely N-dealkylation sites (tertiary alicyclic amines) is 1. The average Bonchev–Trinajstić information content (AvgIpc) is 2.77. The fourth-order valence-corrected chi connectivity index (χ4v) is 3.39. The molecule has 0 radical (unpaired) electrons. The van der Waals surface area contributed by atoms with Gasteiger partial charge in [-0.05, 0) is 36.5 Å². The summed E-state index contributed by atoms with van der Waals surface area (Å²) in [5, 5.41) is 13.1. The fraction of sp³-hybridized carbons (Fsp3) is 0.364. The molecule has 0 bridgehead atoms. The topological polar surface area (TPSA) is 78.9 Å². The molecule has 1 aliphatic heterocycles. The van der Waals surface area contributed by atoms with E-state index in [4.69, 9.17) is 4.74 Å². The molecule has 0 aliphatic carbocycles. The van der Waals surface area contributed by atoms with Gasteiger partial charge in [-0.3, -0.25) is 9.59 Å². The van der Waals surface area contributed by atoms with Gasteiger partial charge in [-0.1, -0.05) is 48.5 Å². The van der Waals surface area contributed by atoms with Gasteiger partial charge in [0.05, 0.1) is 12.6 Å². The molecule has 2 aromatic rings. The number of carbonyl (C=O) groups excluding carboxylic acids is 2. The molecule has 1 fully saturated rings. The minimum absolute atomic E-state index is 0.0388. The van der Waals surface area contributed by atoms with Crippen LogP contribution in [0.1, 0.15) is 24.5 Å². The number of ether oxygens (including phenoxy) is 1. The van der Waals surface area contributed by atoms with E-state index in [0.717, 1.165) is 18.4 Å². The molecule has 0 aromatic heterocycles. The van der Waals surface area contributed by atoms with E-state index < -0.39 is 6.10 Å². The van der Waals surface area contributed by atoms with Crippen LogP contribution in [-0.4, -0.2) is 48.1 Å². The number of piperidine rings is 1. The Kier molecular flexibility index (Phi) is 7.03. The minimum atomic E-state index is -0.506. The third-order valence-corrected chi connectivity index (χ3v) is 5.03. The van der Waals surface area contributed by atoms with Crippen molar-refractivity contribution < 1.29 is 19.4 Å². The standard InChI is InChI=1S/C22H26N2O4/c25-20(16-28-19-9-5-2-6-10-19)23-15-21(26)24-13-11-18(12-14-24)22(27)17-7-3-1-4-8-17/h1-10,18,22,27H,11-16H2,(H,23,25). The highest BCUT2D eigenvalue weighted by atomic mass is 16.5. The first-order valence-electron chi connectivity index (χ1n) is 9.59. The zero-order valence-electron chi connectivity index (χ0n) is 15.8. The van der Waals surface area contributed by atoms with Crippen molar-refractivity contribution in [1.82, 2.24) is 10.2 Å². The van der Waals surface area contributed by atoms with Crippen molar-refractivity contribution in [2.24, 2.45) is 5.92 Å². The average molecular weight is 382 g/mol. The first kappa shape index (κ1) is 19.9. The van der Waals surface area contributed by atoms with Crippen LogP contribution in [0.2, 0.25) is 0 Å². The zero-order chi connectivity index (χ0) is 19.8. The first-order chi connectivity index (χ1) is 13.6. The number of aliphatic hydroxyl groups excluding tert-OH is 1. The minimum Gasteiger partial charge on any atom is -0.484 e. The van der Waals surface area contributed by atoms with Crippen LogP contribution in [0.15, 0.2) is 60.7 Å². The third-order valence-electron chi connectivity index (χ3n) is 5.03. The molecule has 28 heavy (non-hydrogen) atoms. The number of nitrogens with zero attached hydrogens (tertiary/aromatic N) is 1. The van der Waals surface area contributed by atoms with Crippen LogP contribution in [0.5, 0.6) is 5.75 Å². The van der Waals surface area contributed by atoms with Gasteiger partial charge >= 0.3 is 0 Å². The van der Waals surface area contributed by atoms with Crippen LogP contribution >= 0.6 is 0 Å².